The molecule has 0 aliphatic carbocycles. The fourth-order valence-electron chi connectivity index (χ4n) is 4.90. The van der Waals surface area contributed by atoms with E-state index >= 15 is 0 Å². The lowest BCUT2D eigenvalue weighted by molar-refractivity contribution is -0.0623. The first-order chi connectivity index (χ1) is 21.6. The number of aromatic nitrogens is 6. The van der Waals surface area contributed by atoms with E-state index < -0.39 is 24.6 Å². The van der Waals surface area contributed by atoms with Crippen molar-refractivity contribution in [2.24, 2.45) is 7.05 Å². The van der Waals surface area contributed by atoms with Crippen molar-refractivity contribution in [3.05, 3.63) is 61.3 Å². The van der Waals surface area contributed by atoms with E-state index in [0.29, 0.717) is 53.2 Å². The lowest BCUT2D eigenvalue weighted by atomic mass is 10.1. The van der Waals surface area contributed by atoms with Gasteiger partial charge in [-0.3, -0.25) is 13.6 Å². The minimum absolute atomic E-state index is 0.0113. The van der Waals surface area contributed by atoms with E-state index in [1.807, 2.05) is 6.07 Å². The molecule has 1 aliphatic rings. The van der Waals surface area contributed by atoms with E-state index in [1.54, 1.807) is 54.3 Å². The van der Waals surface area contributed by atoms with Crippen molar-refractivity contribution in [2.75, 3.05) is 32.0 Å². The van der Waals surface area contributed by atoms with Crippen LogP contribution in [0.3, 0.4) is 0 Å². The summed E-state index contributed by atoms with van der Waals surface area (Å²) < 4.78 is 62.0. The number of oxazole rings is 1. The number of benzene rings is 1. The zero-order valence-corrected chi connectivity index (χ0v) is 25.5. The molecule has 0 spiro atoms. The van der Waals surface area contributed by atoms with Crippen LogP contribution in [0, 0.1) is 0 Å². The van der Waals surface area contributed by atoms with E-state index in [0.717, 1.165) is 6.42 Å². The molecule has 1 atom stereocenters. The minimum atomic E-state index is -4.65. The van der Waals surface area contributed by atoms with Crippen LogP contribution in [-0.2, 0) is 30.9 Å². The van der Waals surface area contributed by atoms with Crippen LogP contribution in [0.1, 0.15) is 12.8 Å². The van der Waals surface area contributed by atoms with Gasteiger partial charge in [-0.15, -0.1) is 0 Å². The quantitative estimate of drug-likeness (QED) is 0.0998. The van der Waals surface area contributed by atoms with Gasteiger partial charge in [-0.25, -0.2) is 23.0 Å². The van der Waals surface area contributed by atoms with Crippen molar-refractivity contribution >= 4 is 29.6 Å². The topological polar surface area (TPSA) is 209 Å². The second-order valence-electron chi connectivity index (χ2n) is 10.0. The number of rotatable bonds is 12. The molecule has 0 saturated carbocycles. The number of anilines is 1. The molecule has 1 saturated heterocycles. The fraction of sp³-hybridized carbons (Fsp3) is 0.308. The van der Waals surface area contributed by atoms with Gasteiger partial charge < -0.3 is 29.0 Å². The molecular formula is C26H29N8O9PS. The summed E-state index contributed by atoms with van der Waals surface area (Å²) in [5.41, 5.74) is 2.37. The Morgan fingerprint density at radius 3 is 2.82 bits per heavy atom. The van der Waals surface area contributed by atoms with Gasteiger partial charge in [-0.1, -0.05) is 12.1 Å². The summed E-state index contributed by atoms with van der Waals surface area (Å²) in [6, 6.07) is 9.98. The van der Waals surface area contributed by atoms with E-state index in [4.69, 9.17) is 28.7 Å². The van der Waals surface area contributed by atoms with Crippen molar-refractivity contribution in [3.8, 4) is 28.4 Å². The highest BCUT2D eigenvalue weighted by molar-refractivity contribution is 7.89. The van der Waals surface area contributed by atoms with Gasteiger partial charge in [0, 0.05) is 50.3 Å². The zero-order chi connectivity index (χ0) is 31.6. The number of piperidine rings is 1. The molecule has 238 valence electrons. The second kappa shape index (κ2) is 12.7. The number of nitrogens with one attached hydrogen (secondary N) is 1. The number of phosphoric ester groups is 1. The van der Waals surface area contributed by atoms with E-state index in [9.17, 15) is 13.0 Å². The molecule has 3 N–H and O–H groups in total. The largest absolute Gasteiger partial charge is 0.471 e. The van der Waals surface area contributed by atoms with Gasteiger partial charge in [0.1, 0.15) is 23.4 Å². The lowest BCUT2D eigenvalue weighted by Gasteiger charge is -2.31. The normalized spacial score (nSPS) is 16.3. The molecule has 6 rings (SSSR count). The molecule has 19 heteroatoms. The summed E-state index contributed by atoms with van der Waals surface area (Å²) in [7, 11) is -6.72. The maximum Gasteiger partial charge on any atom is 0.471 e. The molecule has 17 nitrogen and oxygen atoms in total. The van der Waals surface area contributed by atoms with Crippen LogP contribution in [0.4, 0.5) is 5.95 Å². The maximum absolute atomic E-state index is 13.1. The Labute approximate surface area is 256 Å². The van der Waals surface area contributed by atoms with Crippen molar-refractivity contribution in [1.82, 2.24) is 33.4 Å². The van der Waals surface area contributed by atoms with E-state index in [2.05, 4.69) is 24.9 Å². The Balaban J connectivity index is 1.21. The van der Waals surface area contributed by atoms with Gasteiger partial charge in [0.15, 0.2) is 18.6 Å². The summed E-state index contributed by atoms with van der Waals surface area (Å²) in [4.78, 5) is 31.3. The molecule has 0 amide bonds. The van der Waals surface area contributed by atoms with Crippen LogP contribution < -0.4 is 10.1 Å². The average molecular weight is 661 g/mol. The zero-order valence-electron chi connectivity index (χ0n) is 23.8. The predicted molar refractivity (Wildman–Crippen MR) is 157 cm³/mol. The van der Waals surface area contributed by atoms with Crippen LogP contribution in [0.15, 0.2) is 70.7 Å². The van der Waals surface area contributed by atoms with Crippen molar-refractivity contribution in [2.45, 2.75) is 23.9 Å². The summed E-state index contributed by atoms with van der Waals surface area (Å²) in [5, 5.41) is 7.38. The molecule has 0 bridgehead atoms. The number of nitrogens with zero attached hydrogens (tertiary/aromatic N) is 7. The van der Waals surface area contributed by atoms with Crippen LogP contribution in [0.5, 0.6) is 5.75 Å². The molecule has 5 aromatic rings. The highest BCUT2D eigenvalue weighted by atomic mass is 32.2. The minimum Gasteiger partial charge on any atom is -0.467 e. The number of hydrogen-bond donors (Lipinski definition) is 3. The molecular weight excluding hydrogens is 631 g/mol. The molecule has 1 unspecified atom stereocenters. The van der Waals surface area contributed by atoms with Gasteiger partial charge in [-0.05, 0) is 37.1 Å². The Bertz CT molecular complexity index is 1950. The van der Waals surface area contributed by atoms with Crippen LogP contribution in [-0.4, -0.2) is 84.4 Å². The molecule has 1 fully saturated rings. The Kier molecular flexibility index (Phi) is 8.69. The van der Waals surface area contributed by atoms with Crippen LogP contribution in [0.2, 0.25) is 0 Å². The first-order valence-corrected chi connectivity index (χ1v) is 16.6. The van der Waals surface area contributed by atoms with Gasteiger partial charge in [0.2, 0.25) is 5.95 Å². The predicted octanol–water partition coefficient (Wildman–Crippen LogP) is 2.47. The summed E-state index contributed by atoms with van der Waals surface area (Å²) in [6.45, 7) is -0.330. The molecule has 1 aromatic carbocycles. The van der Waals surface area contributed by atoms with Crippen LogP contribution >= 0.6 is 7.82 Å². The number of aryl methyl sites for hydroxylation is 1. The van der Waals surface area contributed by atoms with Gasteiger partial charge in [-0.2, -0.15) is 14.4 Å². The second-order valence-corrected chi connectivity index (χ2v) is 13.2. The molecule has 45 heavy (non-hydrogen) atoms. The number of hydrogen-bond acceptors (Lipinski definition) is 12. The maximum atomic E-state index is 13.1. The fourth-order valence-corrected chi connectivity index (χ4v) is 6.59. The smallest absolute Gasteiger partial charge is 0.467 e. The number of sulfonamides is 1. The third-order valence-electron chi connectivity index (χ3n) is 6.89. The monoisotopic (exact) mass is 660 g/mol. The molecule has 0 radical (unpaired) electrons. The lowest BCUT2D eigenvalue weighted by Crippen LogP contribution is -2.45. The summed E-state index contributed by atoms with van der Waals surface area (Å²) in [6.07, 6.45) is 7.81. The van der Waals surface area contributed by atoms with Gasteiger partial charge >= 0.3 is 13.7 Å². The highest BCUT2D eigenvalue weighted by Crippen LogP contribution is 2.36. The first-order valence-electron chi connectivity index (χ1n) is 13.6. The number of fused-ring (bicyclic) bond motifs is 1. The first kappa shape index (κ1) is 30.8. The van der Waals surface area contributed by atoms with Gasteiger partial charge in [0.05, 0.1) is 5.69 Å². The molecule has 5 heterocycles. The molecule has 1 aliphatic heterocycles. The van der Waals surface area contributed by atoms with Crippen molar-refractivity contribution in [1.29, 1.82) is 0 Å². The number of ether oxygens (including phenoxy) is 2. The van der Waals surface area contributed by atoms with Crippen molar-refractivity contribution in [3.63, 3.8) is 0 Å². The van der Waals surface area contributed by atoms with Gasteiger partial charge in [0.25, 0.3) is 10.0 Å². The summed E-state index contributed by atoms with van der Waals surface area (Å²) in [5.74, 6) is 1.07. The average Bonchev–Trinajstić information content (AvgIpc) is 3.73. The van der Waals surface area contributed by atoms with E-state index in [1.165, 1.54) is 21.3 Å². The third kappa shape index (κ3) is 7.07. The Morgan fingerprint density at radius 2 is 2.02 bits per heavy atom. The Morgan fingerprint density at radius 1 is 1.16 bits per heavy atom. The Hall–Kier alpha value is -4.16. The van der Waals surface area contributed by atoms with Crippen molar-refractivity contribution < 1.29 is 41.2 Å². The number of phosphoric acid groups is 1. The number of imidazole rings is 1. The molecule has 4 aromatic heterocycles. The summed E-state index contributed by atoms with van der Waals surface area (Å²) >= 11 is 0. The highest BCUT2D eigenvalue weighted by Gasteiger charge is 2.32. The van der Waals surface area contributed by atoms with E-state index in [-0.39, 0.29) is 24.4 Å². The SMILES string of the molecule is Cn1ccc(S(=O)(=O)N2CCCC(Nc3nccc(-c4c(-c5cccc(OCOCOP(=O)(O)O)c5)nc5occn45)n3)C2)n1. The third-order valence-corrected chi connectivity index (χ3v) is 9.09. The van der Waals surface area contributed by atoms with Crippen LogP contribution in [0.25, 0.3) is 28.5 Å². The standard InChI is InChI=1S/C26H29N8O9PS/c1-32-11-8-22(31-32)45(38,39)33-10-3-5-19(15-33)28-25-27-9-7-21(29-25)24-23(30-26-34(24)12-13-41-26)18-4-2-6-20(14-18)42-16-40-17-43-44(35,36)37/h2,4,6-9,11-14,19H,3,5,10,15-17H2,1H3,(H,27,28,29)(H2,35,36,37).